The van der Waals surface area contributed by atoms with E-state index in [4.69, 9.17) is 5.73 Å². The van der Waals surface area contributed by atoms with E-state index in [0.29, 0.717) is 11.3 Å². The van der Waals surface area contributed by atoms with Crippen LogP contribution in [0.3, 0.4) is 0 Å². The summed E-state index contributed by atoms with van der Waals surface area (Å²) in [7, 11) is 0. The molecule has 96 valence electrons. The molecule has 2 N–H and O–H groups in total. The van der Waals surface area contributed by atoms with Gasteiger partial charge >= 0.3 is 0 Å². The number of ketones is 1. The Hall–Kier alpha value is -2.55. The predicted molar refractivity (Wildman–Crippen MR) is 78.5 cm³/mol. The number of nitrogens with two attached hydrogens (primary N) is 1. The highest BCUT2D eigenvalue weighted by molar-refractivity contribution is 6.08. The second kappa shape index (κ2) is 5.40. The standard InChI is InChI=1S/C16H16N2O/c1-3-18-12(2)9-10-15(18)14(17)11-16(19)13-7-5-4-6-8-13/h3-11H,1,17H2,2H3/b14-11-. The number of hydrogen-bond donors (Lipinski definition) is 1. The lowest BCUT2D eigenvalue weighted by Gasteiger charge is -2.06. The molecule has 3 heteroatoms. The van der Waals surface area contributed by atoms with E-state index in [1.807, 2.05) is 41.8 Å². The second-order valence-electron chi connectivity index (χ2n) is 4.24. The molecule has 1 heterocycles. The number of carbonyl (C=O) groups excluding carboxylic acids is 1. The van der Waals surface area contributed by atoms with Gasteiger partial charge in [-0.1, -0.05) is 36.9 Å². The lowest BCUT2D eigenvalue weighted by Crippen LogP contribution is -2.06. The molecule has 0 aliphatic carbocycles. The summed E-state index contributed by atoms with van der Waals surface area (Å²) >= 11 is 0. The van der Waals surface area contributed by atoms with Crippen LogP contribution in [0.25, 0.3) is 11.9 Å². The van der Waals surface area contributed by atoms with Gasteiger partial charge in [-0.05, 0) is 19.1 Å². The van der Waals surface area contributed by atoms with Crippen molar-refractivity contribution in [3.05, 3.63) is 72.1 Å². The van der Waals surface area contributed by atoms with E-state index < -0.39 is 0 Å². The third-order valence-corrected chi connectivity index (χ3v) is 2.95. The maximum Gasteiger partial charge on any atom is 0.187 e. The fraction of sp³-hybridized carbons (Fsp3) is 0.0625. The molecule has 1 aromatic carbocycles. The number of nitrogens with zero attached hydrogens (tertiary/aromatic N) is 1. The van der Waals surface area contributed by atoms with E-state index in [1.54, 1.807) is 18.3 Å². The fourth-order valence-corrected chi connectivity index (χ4v) is 1.93. The monoisotopic (exact) mass is 252 g/mol. The van der Waals surface area contributed by atoms with E-state index in [-0.39, 0.29) is 5.78 Å². The van der Waals surface area contributed by atoms with Gasteiger partial charge in [0.25, 0.3) is 0 Å². The SMILES string of the molecule is C=Cn1c(C)ccc1/C(N)=C/C(=O)c1ccccc1. The van der Waals surface area contributed by atoms with Crippen LogP contribution in [0.1, 0.15) is 21.7 Å². The minimum absolute atomic E-state index is 0.104. The third-order valence-electron chi connectivity index (χ3n) is 2.95. The molecule has 3 nitrogen and oxygen atoms in total. The van der Waals surface area contributed by atoms with Crippen LogP contribution in [0.5, 0.6) is 0 Å². The minimum Gasteiger partial charge on any atom is -0.397 e. The van der Waals surface area contributed by atoms with Crippen LogP contribution in [-0.2, 0) is 0 Å². The van der Waals surface area contributed by atoms with Gasteiger partial charge in [0.15, 0.2) is 5.78 Å². The quantitative estimate of drug-likeness (QED) is 0.671. The number of rotatable bonds is 4. The van der Waals surface area contributed by atoms with Crippen LogP contribution < -0.4 is 5.73 Å². The number of allylic oxidation sites excluding steroid dienone is 1. The van der Waals surface area contributed by atoms with Gasteiger partial charge in [-0.2, -0.15) is 0 Å². The van der Waals surface area contributed by atoms with Gasteiger partial charge in [-0.3, -0.25) is 4.79 Å². The Morgan fingerprint density at radius 3 is 2.53 bits per heavy atom. The van der Waals surface area contributed by atoms with Gasteiger partial charge < -0.3 is 10.3 Å². The van der Waals surface area contributed by atoms with Crippen LogP contribution >= 0.6 is 0 Å². The highest BCUT2D eigenvalue weighted by atomic mass is 16.1. The topological polar surface area (TPSA) is 48.0 Å². The molecule has 0 aliphatic heterocycles. The largest absolute Gasteiger partial charge is 0.397 e. The van der Waals surface area contributed by atoms with E-state index >= 15 is 0 Å². The zero-order valence-corrected chi connectivity index (χ0v) is 10.8. The number of aryl methyl sites for hydroxylation is 1. The van der Waals surface area contributed by atoms with Gasteiger partial charge in [-0.25, -0.2) is 0 Å². The maximum atomic E-state index is 12.0. The van der Waals surface area contributed by atoms with Crippen molar-refractivity contribution in [1.82, 2.24) is 4.57 Å². The summed E-state index contributed by atoms with van der Waals surface area (Å²) in [5, 5.41) is 0. The number of aromatic nitrogens is 1. The number of hydrogen-bond acceptors (Lipinski definition) is 2. The van der Waals surface area contributed by atoms with E-state index in [1.165, 1.54) is 6.08 Å². The van der Waals surface area contributed by atoms with Crippen molar-refractivity contribution in [2.24, 2.45) is 5.73 Å². The van der Waals surface area contributed by atoms with Crippen molar-refractivity contribution in [2.75, 3.05) is 0 Å². The van der Waals surface area contributed by atoms with Gasteiger partial charge in [-0.15, -0.1) is 0 Å². The second-order valence-corrected chi connectivity index (χ2v) is 4.24. The smallest absolute Gasteiger partial charge is 0.187 e. The molecular formula is C16H16N2O. The lowest BCUT2D eigenvalue weighted by molar-refractivity contribution is 0.104. The first-order valence-electron chi connectivity index (χ1n) is 6.01. The maximum absolute atomic E-state index is 12.0. The molecule has 1 aromatic heterocycles. The Balaban J connectivity index is 2.33. The number of carbonyl (C=O) groups is 1. The van der Waals surface area contributed by atoms with Crippen LogP contribution in [0.4, 0.5) is 0 Å². The van der Waals surface area contributed by atoms with Gasteiger partial charge in [0.2, 0.25) is 0 Å². The highest BCUT2D eigenvalue weighted by Gasteiger charge is 2.08. The summed E-state index contributed by atoms with van der Waals surface area (Å²) in [6.07, 6.45) is 3.13. The first-order valence-corrected chi connectivity index (χ1v) is 6.01. The molecule has 0 radical (unpaired) electrons. The van der Waals surface area contributed by atoms with Crippen LogP contribution in [0.15, 0.2) is 55.1 Å². The Morgan fingerprint density at radius 1 is 1.21 bits per heavy atom. The zero-order valence-electron chi connectivity index (χ0n) is 10.8. The van der Waals surface area contributed by atoms with E-state index in [2.05, 4.69) is 6.58 Å². The Bertz CT molecular complexity index is 636. The predicted octanol–water partition coefficient (Wildman–Crippen LogP) is 3.08. The third kappa shape index (κ3) is 2.65. The molecular weight excluding hydrogens is 236 g/mol. The van der Waals surface area contributed by atoms with Crippen LogP contribution in [0, 0.1) is 6.92 Å². The molecule has 0 bridgehead atoms. The molecule has 0 fully saturated rings. The van der Waals surface area contributed by atoms with E-state index in [0.717, 1.165) is 11.4 Å². The molecule has 2 aromatic rings. The highest BCUT2D eigenvalue weighted by Crippen LogP contribution is 2.15. The van der Waals surface area contributed by atoms with Gasteiger partial charge in [0, 0.05) is 23.5 Å². The average Bonchev–Trinajstić information content (AvgIpc) is 2.80. The molecule has 0 spiro atoms. The van der Waals surface area contributed by atoms with Crippen molar-refractivity contribution in [1.29, 1.82) is 0 Å². The summed E-state index contributed by atoms with van der Waals surface area (Å²) in [4.78, 5) is 12.0. The summed E-state index contributed by atoms with van der Waals surface area (Å²) in [5.41, 5.74) is 8.85. The number of benzene rings is 1. The Labute approximate surface area is 112 Å². The first-order chi connectivity index (χ1) is 9.13. The molecule has 2 rings (SSSR count). The van der Waals surface area contributed by atoms with Gasteiger partial charge in [0.05, 0.1) is 11.4 Å². The summed E-state index contributed by atoms with van der Waals surface area (Å²) in [5.74, 6) is -0.104. The summed E-state index contributed by atoms with van der Waals surface area (Å²) in [6.45, 7) is 5.70. The Kier molecular flexibility index (Phi) is 3.66. The lowest BCUT2D eigenvalue weighted by atomic mass is 10.1. The Morgan fingerprint density at radius 2 is 1.89 bits per heavy atom. The van der Waals surface area contributed by atoms with Crippen molar-refractivity contribution >= 4 is 17.7 Å². The summed E-state index contributed by atoms with van der Waals surface area (Å²) < 4.78 is 1.85. The molecule has 0 saturated carbocycles. The van der Waals surface area contributed by atoms with Crippen LogP contribution in [-0.4, -0.2) is 10.4 Å². The zero-order chi connectivity index (χ0) is 13.8. The van der Waals surface area contributed by atoms with Crippen molar-refractivity contribution < 1.29 is 4.79 Å². The van der Waals surface area contributed by atoms with E-state index in [9.17, 15) is 4.79 Å². The summed E-state index contributed by atoms with van der Waals surface area (Å²) in [6, 6.07) is 12.9. The van der Waals surface area contributed by atoms with Crippen LogP contribution in [0.2, 0.25) is 0 Å². The molecule has 0 atom stereocenters. The molecule has 19 heavy (non-hydrogen) atoms. The van der Waals surface area contributed by atoms with Crippen molar-refractivity contribution in [3.63, 3.8) is 0 Å². The first kappa shape index (κ1) is 12.9. The molecule has 0 aliphatic rings. The molecule has 0 unspecified atom stereocenters. The normalized spacial score (nSPS) is 11.3. The average molecular weight is 252 g/mol. The van der Waals surface area contributed by atoms with Crippen molar-refractivity contribution in [2.45, 2.75) is 6.92 Å². The van der Waals surface area contributed by atoms with Gasteiger partial charge in [0.1, 0.15) is 0 Å². The van der Waals surface area contributed by atoms with Crippen molar-refractivity contribution in [3.8, 4) is 0 Å². The molecule has 0 saturated heterocycles. The minimum atomic E-state index is -0.104. The fourth-order valence-electron chi connectivity index (χ4n) is 1.93. The molecule has 0 amide bonds.